The molecule has 0 spiro atoms. The van der Waals surface area contributed by atoms with Crippen LogP contribution in [0.5, 0.6) is 5.75 Å². The molecular weight excluding hydrogens is 316 g/mol. The van der Waals surface area contributed by atoms with Gasteiger partial charge < -0.3 is 4.74 Å². The SMILES string of the molecule is COc1ccc(C2C(C)C3c4ccccc4C2(C)c2ccccc23)cc1. The zero-order chi connectivity index (χ0) is 17.9. The Morgan fingerprint density at radius 1 is 0.769 bits per heavy atom. The zero-order valence-electron chi connectivity index (χ0n) is 15.6. The van der Waals surface area contributed by atoms with Gasteiger partial charge in [-0.1, -0.05) is 74.5 Å². The molecule has 2 unspecified atom stereocenters. The highest BCUT2D eigenvalue weighted by Crippen LogP contribution is 2.64. The summed E-state index contributed by atoms with van der Waals surface area (Å²) < 4.78 is 5.38. The third kappa shape index (κ3) is 1.86. The molecule has 0 saturated heterocycles. The van der Waals surface area contributed by atoms with E-state index in [1.54, 1.807) is 7.11 Å². The van der Waals surface area contributed by atoms with E-state index in [4.69, 9.17) is 4.74 Å². The number of hydrogen-bond donors (Lipinski definition) is 0. The molecule has 2 atom stereocenters. The highest BCUT2D eigenvalue weighted by molar-refractivity contribution is 5.62. The normalized spacial score (nSPS) is 28.3. The lowest BCUT2D eigenvalue weighted by molar-refractivity contribution is 0.252. The lowest BCUT2D eigenvalue weighted by Gasteiger charge is -2.56. The summed E-state index contributed by atoms with van der Waals surface area (Å²) in [5.74, 6) is 2.41. The van der Waals surface area contributed by atoms with Crippen molar-refractivity contribution >= 4 is 0 Å². The molecule has 1 heteroatoms. The van der Waals surface area contributed by atoms with Gasteiger partial charge in [-0.25, -0.2) is 0 Å². The van der Waals surface area contributed by atoms with Gasteiger partial charge >= 0.3 is 0 Å². The van der Waals surface area contributed by atoms with E-state index in [1.165, 1.54) is 27.8 Å². The Balaban J connectivity index is 1.78. The number of benzene rings is 3. The quantitative estimate of drug-likeness (QED) is 0.566. The van der Waals surface area contributed by atoms with Crippen molar-refractivity contribution in [2.75, 3.05) is 7.11 Å². The van der Waals surface area contributed by atoms with Crippen LogP contribution in [-0.4, -0.2) is 7.11 Å². The molecule has 0 aromatic heterocycles. The molecular formula is C25H24O. The van der Waals surface area contributed by atoms with E-state index < -0.39 is 0 Å². The molecule has 0 radical (unpaired) electrons. The van der Waals surface area contributed by atoms with Crippen LogP contribution in [0.15, 0.2) is 72.8 Å². The molecule has 26 heavy (non-hydrogen) atoms. The fourth-order valence-corrected chi connectivity index (χ4v) is 5.86. The van der Waals surface area contributed by atoms with Crippen LogP contribution in [0.3, 0.4) is 0 Å². The van der Waals surface area contributed by atoms with Crippen LogP contribution in [0.2, 0.25) is 0 Å². The first-order chi connectivity index (χ1) is 12.7. The van der Waals surface area contributed by atoms with Gasteiger partial charge in [0.15, 0.2) is 0 Å². The minimum atomic E-state index is -0.00403. The smallest absolute Gasteiger partial charge is 0.118 e. The molecule has 1 nitrogen and oxygen atoms in total. The number of ether oxygens (including phenoxy) is 1. The van der Waals surface area contributed by atoms with Gasteiger partial charge in [-0.05, 0) is 45.9 Å². The Bertz CT molecular complexity index is 922. The van der Waals surface area contributed by atoms with Gasteiger partial charge in [0.25, 0.3) is 0 Å². The third-order valence-electron chi connectivity index (χ3n) is 6.86. The molecule has 3 aliphatic carbocycles. The van der Waals surface area contributed by atoms with E-state index in [1.807, 2.05) is 0 Å². The van der Waals surface area contributed by atoms with Crippen molar-refractivity contribution in [2.24, 2.45) is 5.92 Å². The number of fused-ring (bicyclic) bond motifs is 1. The summed E-state index contributed by atoms with van der Waals surface area (Å²) in [6, 6.07) is 26.9. The van der Waals surface area contributed by atoms with Crippen molar-refractivity contribution in [3.8, 4) is 5.75 Å². The largest absolute Gasteiger partial charge is 0.497 e. The second-order valence-corrected chi connectivity index (χ2v) is 7.96. The van der Waals surface area contributed by atoms with E-state index in [0.29, 0.717) is 17.8 Å². The van der Waals surface area contributed by atoms with Gasteiger partial charge in [-0.3, -0.25) is 0 Å². The summed E-state index contributed by atoms with van der Waals surface area (Å²) in [5.41, 5.74) is 7.45. The maximum Gasteiger partial charge on any atom is 0.118 e. The van der Waals surface area contributed by atoms with Gasteiger partial charge in [-0.15, -0.1) is 0 Å². The Morgan fingerprint density at radius 3 is 1.85 bits per heavy atom. The van der Waals surface area contributed by atoms with E-state index >= 15 is 0 Å². The van der Waals surface area contributed by atoms with Crippen LogP contribution in [0, 0.1) is 5.92 Å². The standard InChI is InChI=1S/C25H24O/c1-16-23-19-8-4-6-10-21(19)25(2,22-11-7-5-9-20(22)23)24(16)17-12-14-18(26-3)15-13-17/h4-16,23-24H,1-3H3. The van der Waals surface area contributed by atoms with Crippen molar-refractivity contribution < 1.29 is 4.74 Å². The number of hydrogen-bond acceptors (Lipinski definition) is 1. The average Bonchev–Trinajstić information content (AvgIpc) is 2.69. The molecule has 0 amide bonds. The van der Waals surface area contributed by atoms with Crippen LogP contribution in [-0.2, 0) is 5.41 Å². The summed E-state index contributed by atoms with van der Waals surface area (Å²) in [4.78, 5) is 0. The van der Waals surface area contributed by atoms with Crippen molar-refractivity contribution in [1.29, 1.82) is 0 Å². The van der Waals surface area contributed by atoms with Crippen molar-refractivity contribution in [3.63, 3.8) is 0 Å². The van der Waals surface area contributed by atoms with Crippen LogP contribution in [0.25, 0.3) is 0 Å². The Morgan fingerprint density at radius 2 is 1.31 bits per heavy atom. The second kappa shape index (κ2) is 5.48. The monoisotopic (exact) mass is 340 g/mol. The molecule has 3 aliphatic rings. The predicted molar refractivity (Wildman–Crippen MR) is 106 cm³/mol. The maximum atomic E-state index is 5.38. The fourth-order valence-electron chi connectivity index (χ4n) is 5.86. The lowest BCUT2D eigenvalue weighted by atomic mass is 9.46. The Kier molecular flexibility index (Phi) is 3.31. The molecule has 3 aromatic carbocycles. The third-order valence-corrected chi connectivity index (χ3v) is 6.86. The van der Waals surface area contributed by atoms with E-state index in [0.717, 1.165) is 5.75 Å². The minimum Gasteiger partial charge on any atom is -0.497 e. The van der Waals surface area contributed by atoms with E-state index in [2.05, 4.69) is 86.6 Å². The second-order valence-electron chi connectivity index (χ2n) is 7.96. The molecule has 130 valence electrons. The summed E-state index contributed by atoms with van der Waals surface area (Å²) >= 11 is 0. The lowest BCUT2D eigenvalue weighted by Crippen LogP contribution is -2.48. The number of rotatable bonds is 2. The highest BCUT2D eigenvalue weighted by Gasteiger charge is 2.55. The summed E-state index contributed by atoms with van der Waals surface area (Å²) in [5, 5.41) is 0. The summed E-state index contributed by atoms with van der Waals surface area (Å²) in [6.45, 7) is 4.88. The van der Waals surface area contributed by atoms with Crippen molar-refractivity contribution in [1.82, 2.24) is 0 Å². The molecule has 0 aliphatic heterocycles. The Labute approximate surface area is 155 Å². The first-order valence-corrected chi connectivity index (χ1v) is 9.49. The van der Waals surface area contributed by atoms with Gasteiger partial charge in [0.1, 0.15) is 5.75 Å². The molecule has 0 N–H and O–H groups in total. The topological polar surface area (TPSA) is 9.23 Å². The highest BCUT2D eigenvalue weighted by atomic mass is 16.5. The zero-order valence-corrected chi connectivity index (χ0v) is 15.6. The minimum absolute atomic E-state index is 0.00403. The average molecular weight is 340 g/mol. The van der Waals surface area contributed by atoms with E-state index in [-0.39, 0.29) is 5.41 Å². The molecule has 0 saturated carbocycles. The fraction of sp³-hybridized carbons (Fsp3) is 0.280. The molecule has 3 aromatic rings. The van der Waals surface area contributed by atoms with Gasteiger partial charge in [0.2, 0.25) is 0 Å². The predicted octanol–water partition coefficient (Wildman–Crippen LogP) is 5.88. The molecule has 2 bridgehead atoms. The van der Waals surface area contributed by atoms with Crippen LogP contribution in [0.1, 0.15) is 53.5 Å². The molecule has 0 heterocycles. The molecule has 0 fully saturated rings. The van der Waals surface area contributed by atoms with Gasteiger partial charge in [-0.2, -0.15) is 0 Å². The van der Waals surface area contributed by atoms with E-state index in [9.17, 15) is 0 Å². The van der Waals surface area contributed by atoms with Crippen molar-refractivity contribution in [2.45, 2.75) is 31.1 Å². The maximum absolute atomic E-state index is 5.38. The van der Waals surface area contributed by atoms with Crippen molar-refractivity contribution in [3.05, 3.63) is 101 Å². The molecule has 6 rings (SSSR count). The first kappa shape index (κ1) is 15.7. The van der Waals surface area contributed by atoms with Crippen LogP contribution in [0.4, 0.5) is 0 Å². The van der Waals surface area contributed by atoms with Gasteiger partial charge in [0.05, 0.1) is 7.11 Å². The summed E-state index contributed by atoms with van der Waals surface area (Å²) in [6.07, 6.45) is 0. The number of methoxy groups -OCH3 is 1. The van der Waals surface area contributed by atoms with Crippen LogP contribution < -0.4 is 4.74 Å². The van der Waals surface area contributed by atoms with Crippen LogP contribution >= 0.6 is 0 Å². The van der Waals surface area contributed by atoms with Gasteiger partial charge in [0, 0.05) is 17.3 Å². The summed E-state index contributed by atoms with van der Waals surface area (Å²) in [7, 11) is 1.73. The Hall–Kier alpha value is -2.54. The first-order valence-electron chi connectivity index (χ1n) is 9.49.